The molecule has 7 nitrogen and oxygen atoms in total. The Bertz CT molecular complexity index is 1220. The minimum Gasteiger partial charge on any atom is -0.461 e. The molecule has 1 aliphatic rings. The molecule has 0 saturated carbocycles. The van der Waals surface area contributed by atoms with Crippen molar-refractivity contribution >= 4 is 45.8 Å². The molecule has 34 heavy (non-hydrogen) atoms. The molecule has 3 N–H and O–H groups in total. The van der Waals surface area contributed by atoms with E-state index in [4.69, 9.17) is 16.3 Å². The van der Waals surface area contributed by atoms with Crippen LogP contribution in [0.1, 0.15) is 29.9 Å². The van der Waals surface area contributed by atoms with Crippen LogP contribution in [-0.2, 0) is 9.53 Å². The number of carbonyl (C=O) groups is 2. The van der Waals surface area contributed by atoms with Crippen LogP contribution in [0.25, 0.3) is 10.9 Å². The fourth-order valence-corrected chi connectivity index (χ4v) is 4.62. The maximum atomic E-state index is 13.9. The van der Waals surface area contributed by atoms with Crippen molar-refractivity contribution in [3.8, 4) is 0 Å². The van der Waals surface area contributed by atoms with E-state index >= 15 is 0 Å². The predicted molar refractivity (Wildman–Crippen MR) is 131 cm³/mol. The lowest BCUT2D eigenvalue weighted by Gasteiger charge is -2.36. The molecule has 2 aromatic carbocycles. The van der Waals surface area contributed by atoms with Crippen LogP contribution in [0.15, 0.2) is 36.4 Å². The first-order chi connectivity index (χ1) is 16.3. The van der Waals surface area contributed by atoms with E-state index in [1.807, 2.05) is 25.1 Å². The summed E-state index contributed by atoms with van der Waals surface area (Å²) in [7, 11) is 0. The van der Waals surface area contributed by atoms with E-state index in [2.05, 4.69) is 22.1 Å². The number of fused-ring (bicyclic) bond motifs is 1. The lowest BCUT2D eigenvalue weighted by Crippen LogP contribution is -3.19. The second-order valence-electron chi connectivity index (χ2n) is 8.57. The quantitative estimate of drug-likeness (QED) is 0.467. The number of hydrogen-bond donors (Lipinski definition) is 3. The SMILES string of the molecule is CCOC(=O)c1[nH]c2ccc(F)cc2c1NC(=O)[C@H](C)[NH+]1CCN(c2cc(Cl)ccc2C)CC1. The van der Waals surface area contributed by atoms with Gasteiger partial charge in [0.25, 0.3) is 5.91 Å². The molecule has 1 atom stereocenters. The number of hydrogen-bond acceptors (Lipinski definition) is 4. The Kier molecular flexibility index (Phi) is 7.09. The number of rotatable bonds is 6. The van der Waals surface area contributed by atoms with Gasteiger partial charge < -0.3 is 24.8 Å². The molecule has 9 heteroatoms. The van der Waals surface area contributed by atoms with E-state index in [1.54, 1.807) is 6.92 Å². The normalized spacial score (nSPS) is 15.4. The van der Waals surface area contributed by atoms with E-state index in [1.165, 1.54) is 18.2 Å². The topological polar surface area (TPSA) is 78.9 Å². The van der Waals surface area contributed by atoms with E-state index in [-0.39, 0.29) is 29.9 Å². The van der Waals surface area contributed by atoms with Gasteiger partial charge in [0, 0.05) is 21.6 Å². The molecule has 180 valence electrons. The average Bonchev–Trinajstić information content (AvgIpc) is 3.18. The molecule has 1 saturated heterocycles. The van der Waals surface area contributed by atoms with Gasteiger partial charge in [-0.2, -0.15) is 0 Å². The highest BCUT2D eigenvalue weighted by Crippen LogP contribution is 2.29. The second kappa shape index (κ2) is 10.0. The lowest BCUT2D eigenvalue weighted by atomic mass is 10.1. The maximum absolute atomic E-state index is 13.9. The van der Waals surface area contributed by atoms with Crippen molar-refractivity contribution in [3.05, 3.63) is 58.5 Å². The molecule has 0 bridgehead atoms. The van der Waals surface area contributed by atoms with Crippen LogP contribution in [0.4, 0.5) is 15.8 Å². The number of piperazine rings is 1. The number of benzene rings is 2. The highest BCUT2D eigenvalue weighted by molar-refractivity contribution is 6.30. The second-order valence-corrected chi connectivity index (χ2v) is 9.01. The minimum absolute atomic E-state index is 0.110. The van der Waals surface area contributed by atoms with E-state index in [0.29, 0.717) is 15.9 Å². The number of esters is 1. The Balaban J connectivity index is 1.49. The minimum atomic E-state index is -0.597. The van der Waals surface area contributed by atoms with Gasteiger partial charge in [-0.05, 0) is 56.7 Å². The van der Waals surface area contributed by atoms with Crippen LogP contribution < -0.4 is 15.1 Å². The molecule has 3 aromatic rings. The summed E-state index contributed by atoms with van der Waals surface area (Å²) < 4.78 is 19.1. The molecule has 0 aliphatic carbocycles. The number of aromatic amines is 1. The van der Waals surface area contributed by atoms with Crippen LogP contribution in [-0.4, -0.2) is 55.7 Å². The van der Waals surface area contributed by atoms with Gasteiger partial charge in [-0.25, -0.2) is 9.18 Å². The van der Waals surface area contributed by atoms with Gasteiger partial charge in [-0.1, -0.05) is 17.7 Å². The first kappa shape index (κ1) is 24.0. The number of H-pyrrole nitrogens is 1. The molecular formula is C25H29ClFN4O3+. The van der Waals surface area contributed by atoms with Gasteiger partial charge in [-0.3, -0.25) is 4.79 Å². The first-order valence-electron chi connectivity index (χ1n) is 11.4. The fraction of sp³-hybridized carbons (Fsp3) is 0.360. The smallest absolute Gasteiger partial charge is 0.356 e. The molecule has 0 spiro atoms. The van der Waals surface area contributed by atoms with Crippen molar-refractivity contribution in [2.75, 3.05) is 43.0 Å². The zero-order valence-electron chi connectivity index (χ0n) is 19.5. The number of aryl methyl sites for hydroxylation is 1. The number of aromatic nitrogens is 1. The van der Waals surface area contributed by atoms with Gasteiger partial charge >= 0.3 is 5.97 Å². The Labute approximate surface area is 202 Å². The van der Waals surface area contributed by atoms with Crippen molar-refractivity contribution in [1.29, 1.82) is 0 Å². The van der Waals surface area contributed by atoms with E-state index in [9.17, 15) is 14.0 Å². The Morgan fingerprint density at radius 1 is 1.24 bits per heavy atom. The number of amides is 1. The monoisotopic (exact) mass is 487 g/mol. The number of quaternary nitrogens is 1. The van der Waals surface area contributed by atoms with Crippen molar-refractivity contribution in [1.82, 2.24) is 4.98 Å². The summed E-state index contributed by atoms with van der Waals surface area (Å²) in [6.45, 7) is 8.94. The summed E-state index contributed by atoms with van der Waals surface area (Å²) in [5.74, 6) is -1.29. The summed E-state index contributed by atoms with van der Waals surface area (Å²) in [6, 6.07) is 9.64. The van der Waals surface area contributed by atoms with Gasteiger partial charge in [0.05, 0.1) is 38.5 Å². The summed E-state index contributed by atoms with van der Waals surface area (Å²) in [4.78, 5) is 32.1. The molecule has 2 heterocycles. The van der Waals surface area contributed by atoms with E-state index in [0.717, 1.165) is 42.3 Å². The summed E-state index contributed by atoms with van der Waals surface area (Å²) >= 11 is 6.19. The zero-order valence-corrected chi connectivity index (χ0v) is 20.3. The molecule has 1 aliphatic heterocycles. The molecule has 0 unspecified atom stereocenters. The number of halogens is 2. The number of nitrogens with zero attached hydrogens (tertiary/aromatic N) is 1. The van der Waals surface area contributed by atoms with Crippen molar-refractivity contribution in [2.45, 2.75) is 26.8 Å². The standard InChI is InChI=1S/C25H28ClFN4O3/c1-4-34-25(33)23-22(19-14-18(27)7-8-20(19)28-23)29-24(32)16(3)30-9-11-31(12-10-30)21-13-17(26)6-5-15(21)2/h5-8,13-14,16,28H,4,9-12H2,1-3H3,(H,29,32)/p+1/t16-/m0/s1. The van der Waals surface area contributed by atoms with Gasteiger partial charge in [0.2, 0.25) is 0 Å². The molecule has 1 fully saturated rings. The molecule has 1 aromatic heterocycles. The third kappa shape index (κ3) is 4.88. The number of anilines is 2. The van der Waals surface area contributed by atoms with Gasteiger partial charge in [-0.15, -0.1) is 0 Å². The number of ether oxygens (including phenoxy) is 1. The van der Waals surface area contributed by atoms with Crippen LogP contribution >= 0.6 is 11.6 Å². The van der Waals surface area contributed by atoms with Crippen molar-refractivity contribution < 1.29 is 23.6 Å². The van der Waals surface area contributed by atoms with Crippen molar-refractivity contribution in [2.24, 2.45) is 0 Å². The molecule has 0 radical (unpaired) electrons. The highest BCUT2D eigenvalue weighted by atomic mass is 35.5. The lowest BCUT2D eigenvalue weighted by molar-refractivity contribution is -0.914. The fourth-order valence-electron chi connectivity index (χ4n) is 4.46. The highest BCUT2D eigenvalue weighted by Gasteiger charge is 2.31. The van der Waals surface area contributed by atoms with Crippen LogP contribution in [0.5, 0.6) is 0 Å². The van der Waals surface area contributed by atoms with Crippen molar-refractivity contribution in [3.63, 3.8) is 0 Å². The van der Waals surface area contributed by atoms with Gasteiger partial charge in [0.15, 0.2) is 6.04 Å². The Morgan fingerprint density at radius 3 is 2.68 bits per heavy atom. The third-order valence-corrected chi connectivity index (χ3v) is 6.65. The molecule has 4 rings (SSSR count). The van der Waals surface area contributed by atoms with E-state index < -0.39 is 11.8 Å². The summed E-state index contributed by atoms with van der Waals surface area (Å²) in [5.41, 5.74) is 3.18. The van der Waals surface area contributed by atoms with Crippen LogP contribution in [0.2, 0.25) is 5.02 Å². The Hall–Kier alpha value is -3.10. The molecular weight excluding hydrogens is 459 g/mol. The first-order valence-corrected chi connectivity index (χ1v) is 11.8. The Morgan fingerprint density at radius 2 is 1.97 bits per heavy atom. The molecule has 1 amide bonds. The number of nitrogens with one attached hydrogen (secondary N) is 3. The zero-order chi connectivity index (χ0) is 24.4. The number of carbonyl (C=O) groups excluding carboxylic acids is 2. The third-order valence-electron chi connectivity index (χ3n) is 6.41. The largest absolute Gasteiger partial charge is 0.461 e. The maximum Gasteiger partial charge on any atom is 0.356 e. The summed E-state index contributed by atoms with van der Waals surface area (Å²) in [5, 5.41) is 4.00. The van der Waals surface area contributed by atoms with Crippen LogP contribution in [0.3, 0.4) is 0 Å². The van der Waals surface area contributed by atoms with Gasteiger partial charge in [0.1, 0.15) is 11.5 Å². The average molecular weight is 488 g/mol. The van der Waals surface area contributed by atoms with Crippen LogP contribution in [0, 0.1) is 12.7 Å². The predicted octanol–water partition coefficient (Wildman–Crippen LogP) is 3.18. The summed E-state index contributed by atoms with van der Waals surface area (Å²) in [6.07, 6.45) is 0.